The lowest BCUT2D eigenvalue weighted by Gasteiger charge is -2.10. The smallest absolute Gasteiger partial charge is 0.462 e. The Kier molecular flexibility index (Phi) is 7.03. The van der Waals surface area contributed by atoms with Gasteiger partial charge in [0.2, 0.25) is 0 Å². The van der Waals surface area contributed by atoms with E-state index in [1.165, 1.54) is 0 Å². The van der Waals surface area contributed by atoms with Crippen LogP contribution in [-0.2, 0) is 23.4 Å². The second kappa shape index (κ2) is 8.03. The van der Waals surface area contributed by atoms with Gasteiger partial charge in [-0.1, -0.05) is 12.0 Å². The quantitative estimate of drug-likeness (QED) is 0.575. The van der Waals surface area contributed by atoms with Crippen LogP contribution in [0.2, 0.25) is 0 Å². The molecule has 0 aliphatic carbocycles. The number of esters is 1. The number of nitrogens with one attached hydrogen (secondary N) is 1. The fourth-order valence-electron chi connectivity index (χ4n) is 1.94. The lowest BCUT2D eigenvalue weighted by molar-refractivity contribution is -0.149. The number of carbonyl (C=O) groups excluding carboxylic acids is 1. The van der Waals surface area contributed by atoms with E-state index in [4.69, 9.17) is 14.0 Å². The van der Waals surface area contributed by atoms with E-state index in [0.717, 1.165) is 6.42 Å². The van der Waals surface area contributed by atoms with Gasteiger partial charge in [-0.3, -0.25) is 4.79 Å². The Morgan fingerprint density at radius 3 is 2.55 bits per heavy atom. The van der Waals surface area contributed by atoms with E-state index < -0.39 is 20.2 Å². The Hall–Kier alpha value is -0.550. The van der Waals surface area contributed by atoms with Gasteiger partial charge < -0.3 is 9.47 Å². The van der Waals surface area contributed by atoms with Crippen LogP contribution >= 0.6 is 8.18 Å². The zero-order valence-electron chi connectivity index (χ0n) is 12.8. The number of hydrogen-bond donors (Lipinski definition) is 1. The summed E-state index contributed by atoms with van der Waals surface area (Å²) in [5.74, 6) is 0.0423. The molecular formula is C13H25NO5P+. The van der Waals surface area contributed by atoms with Crippen molar-refractivity contribution >= 4 is 14.1 Å². The molecule has 0 aromatic rings. The lowest BCUT2D eigenvalue weighted by Crippen LogP contribution is -2.33. The molecule has 0 bridgehead atoms. The van der Waals surface area contributed by atoms with E-state index in [2.05, 4.69) is 12.0 Å². The molecule has 1 heterocycles. The van der Waals surface area contributed by atoms with Crippen LogP contribution in [0.15, 0.2) is 0 Å². The molecule has 1 rings (SSSR count). The van der Waals surface area contributed by atoms with Gasteiger partial charge in [-0.05, 0) is 44.6 Å². The summed E-state index contributed by atoms with van der Waals surface area (Å²) < 4.78 is 27.6. The van der Waals surface area contributed by atoms with E-state index in [0.29, 0.717) is 5.92 Å². The second-order valence-corrected chi connectivity index (χ2v) is 6.60. The third-order valence-electron chi connectivity index (χ3n) is 3.23. The van der Waals surface area contributed by atoms with Crippen LogP contribution in [0.25, 0.3) is 0 Å². The summed E-state index contributed by atoms with van der Waals surface area (Å²) in [6.07, 6.45) is 0.878. The lowest BCUT2D eigenvalue weighted by atomic mass is 10.0. The van der Waals surface area contributed by atoms with Crippen LogP contribution in [0.5, 0.6) is 0 Å². The number of rotatable bonds is 7. The Balaban J connectivity index is 2.25. The molecule has 5 unspecified atom stereocenters. The van der Waals surface area contributed by atoms with E-state index in [9.17, 15) is 9.36 Å². The predicted molar refractivity (Wildman–Crippen MR) is 75.5 cm³/mol. The highest BCUT2D eigenvalue weighted by Crippen LogP contribution is 2.28. The van der Waals surface area contributed by atoms with Gasteiger partial charge >= 0.3 is 14.1 Å². The largest absolute Gasteiger partial charge is 0.613 e. The maximum Gasteiger partial charge on any atom is 0.613 e. The maximum atomic E-state index is 11.7. The molecular weight excluding hydrogens is 281 g/mol. The Morgan fingerprint density at radius 2 is 2.05 bits per heavy atom. The summed E-state index contributed by atoms with van der Waals surface area (Å²) in [7, 11) is -2.10. The van der Waals surface area contributed by atoms with Gasteiger partial charge in [0.05, 0.1) is 18.3 Å². The molecule has 1 aliphatic rings. The first-order valence-electron chi connectivity index (χ1n) is 7.01. The molecule has 20 heavy (non-hydrogen) atoms. The zero-order valence-corrected chi connectivity index (χ0v) is 13.7. The molecule has 1 aliphatic heterocycles. The molecule has 0 saturated carbocycles. The summed E-state index contributed by atoms with van der Waals surface area (Å²) in [4.78, 5) is 11.5. The Labute approximate surface area is 121 Å². The topological polar surface area (TPSA) is 73.9 Å². The molecule has 0 radical (unpaired) electrons. The van der Waals surface area contributed by atoms with Gasteiger partial charge in [0.25, 0.3) is 0 Å². The van der Waals surface area contributed by atoms with Crippen molar-refractivity contribution in [1.82, 2.24) is 5.09 Å². The molecule has 1 fully saturated rings. The summed E-state index contributed by atoms with van der Waals surface area (Å²) in [5, 5.41) is 2.59. The van der Waals surface area contributed by atoms with Crippen molar-refractivity contribution in [3.63, 3.8) is 0 Å². The average molecular weight is 306 g/mol. The van der Waals surface area contributed by atoms with Crippen molar-refractivity contribution in [2.24, 2.45) is 5.92 Å². The minimum atomic E-state index is -2.10. The van der Waals surface area contributed by atoms with Gasteiger partial charge in [-0.25, -0.2) is 0 Å². The molecule has 0 amide bonds. The first-order valence-corrected chi connectivity index (χ1v) is 8.19. The van der Waals surface area contributed by atoms with Crippen molar-refractivity contribution in [3.8, 4) is 0 Å². The highest BCUT2D eigenvalue weighted by Gasteiger charge is 2.33. The maximum absolute atomic E-state index is 11.7. The number of carbonyl (C=O) groups is 1. The zero-order chi connectivity index (χ0) is 15.3. The highest BCUT2D eigenvalue weighted by molar-refractivity contribution is 7.36. The molecule has 0 spiro atoms. The average Bonchev–Trinajstić information content (AvgIpc) is 2.65. The summed E-state index contributed by atoms with van der Waals surface area (Å²) in [6, 6.07) is -0.664. The molecule has 0 aromatic heterocycles. The van der Waals surface area contributed by atoms with Crippen molar-refractivity contribution in [3.05, 3.63) is 0 Å². The van der Waals surface area contributed by atoms with Gasteiger partial charge in [-0.2, -0.15) is 0 Å². The van der Waals surface area contributed by atoms with Crippen molar-refractivity contribution in [2.45, 2.75) is 65.4 Å². The van der Waals surface area contributed by atoms with Crippen molar-refractivity contribution in [2.75, 3.05) is 6.61 Å². The SMILES string of the molecule is CC(C)OC(=O)C(C)N[P+](=O)OCC1CC(C)C(C)O1. The molecule has 1 N–H and O–H groups in total. The highest BCUT2D eigenvalue weighted by atomic mass is 31.1. The molecule has 6 nitrogen and oxygen atoms in total. The standard InChI is InChI=1S/C13H25NO5P/c1-8(2)18-13(15)10(4)14-20(16)17-7-12-6-9(3)11(5)19-12/h8-12H,6-7H2,1-5H3,(H,14,16)/q+1. The van der Waals surface area contributed by atoms with Crippen molar-refractivity contribution in [1.29, 1.82) is 0 Å². The first kappa shape index (κ1) is 17.5. The van der Waals surface area contributed by atoms with Crippen molar-refractivity contribution < 1.29 is 23.4 Å². The van der Waals surface area contributed by atoms with E-state index >= 15 is 0 Å². The van der Waals surface area contributed by atoms with Crippen LogP contribution in [0, 0.1) is 5.92 Å². The fraction of sp³-hybridized carbons (Fsp3) is 0.923. The third kappa shape index (κ3) is 5.83. The predicted octanol–water partition coefficient (Wildman–Crippen LogP) is 2.40. The monoisotopic (exact) mass is 306 g/mol. The summed E-state index contributed by atoms with van der Waals surface area (Å²) >= 11 is 0. The van der Waals surface area contributed by atoms with Crippen LogP contribution in [-0.4, -0.2) is 36.9 Å². The normalized spacial score (nSPS) is 28.5. The summed E-state index contributed by atoms with van der Waals surface area (Å²) in [5.41, 5.74) is 0. The van der Waals surface area contributed by atoms with Crippen LogP contribution in [0.3, 0.4) is 0 Å². The molecule has 7 heteroatoms. The van der Waals surface area contributed by atoms with Gasteiger partial charge in [0.15, 0.2) is 0 Å². The van der Waals surface area contributed by atoms with E-state index in [1.54, 1.807) is 20.8 Å². The minimum absolute atomic E-state index is 0.0290. The Morgan fingerprint density at radius 1 is 1.40 bits per heavy atom. The van der Waals surface area contributed by atoms with Crippen LogP contribution in [0.4, 0.5) is 0 Å². The summed E-state index contributed by atoms with van der Waals surface area (Å²) in [6.45, 7) is 9.53. The number of ether oxygens (including phenoxy) is 2. The minimum Gasteiger partial charge on any atom is -0.462 e. The molecule has 116 valence electrons. The second-order valence-electron chi connectivity index (χ2n) is 5.57. The Bertz CT molecular complexity index is 340. The third-order valence-corrected chi connectivity index (χ3v) is 4.21. The first-order chi connectivity index (χ1) is 9.29. The van der Waals surface area contributed by atoms with Gasteiger partial charge in [-0.15, -0.1) is 4.52 Å². The van der Waals surface area contributed by atoms with E-state index in [-0.39, 0.29) is 24.9 Å². The molecule has 5 atom stereocenters. The van der Waals surface area contributed by atoms with Gasteiger partial charge in [0, 0.05) is 0 Å². The van der Waals surface area contributed by atoms with Crippen LogP contribution < -0.4 is 5.09 Å². The molecule has 0 aromatic carbocycles. The fourth-order valence-corrected chi connectivity index (χ4v) is 2.74. The van der Waals surface area contributed by atoms with E-state index in [1.807, 2.05) is 6.92 Å². The molecule has 1 saturated heterocycles. The van der Waals surface area contributed by atoms with Gasteiger partial charge in [0.1, 0.15) is 12.6 Å². The van der Waals surface area contributed by atoms with Crippen LogP contribution in [0.1, 0.15) is 41.0 Å². The number of hydrogen-bond acceptors (Lipinski definition) is 5.